The van der Waals surface area contributed by atoms with Crippen molar-refractivity contribution in [3.05, 3.63) is 40.9 Å². The van der Waals surface area contributed by atoms with E-state index in [0.717, 1.165) is 35.6 Å². The Balaban J connectivity index is 1.92. The molecule has 0 radical (unpaired) electrons. The van der Waals surface area contributed by atoms with Crippen LogP contribution in [0.15, 0.2) is 40.9 Å². The van der Waals surface area contributed by atoms with E-state index in [-0.39, 0.29) is 0 Å². The molecule has 0 N–H and O–H groups in total. The molecular weight excluding hydrogens is 324 g/mol. The first-order chi connectivity index (χ1) is 9.33. The van der Waals surface area contributed by atoms with Crippen molar-refractivity contribution in [2.75, 3.05) is 12.5 Å². The summed E-state index contributed by atoms with van der Waals surface area (Å²) in [6.07, 6.45) is 4.54. The largest absolute Gasteiger partial charge is 0.492 e. The first kappa shape index (κ1) is 14.7. The SMILES string of the molecule is ClCCCCCCOc1ccc2ccccc2c1Br. The number of rotatable bonds is 7. The van der Waals surface area contributed by atoms with E-state index in [1.807, 2.05) is 18.2 Å². The van der Waals surface area contributed by atoms with E-state index in [2.05, 4.69) is 34.1 Å². The first-order valence-electron chi connectivity index (χ1n) is 6.69. The molecule has 2 rings (SSSR count). The fraction of sp³-hybridized carbons (Fsp3) is 0.375. The fourth-order valence-corrected chi connectivity index (χ4v) is 2.85. The van der Waals surface area contributed by atoms with Crippen LogP contribution < -0.4 is 4.74 Å². The number of hydrogen-bond donors (Lipinski definition) is 0. The minimum absolute atomic E-state index is 0.761. The Bertz CT molecular complexity index is 527. The lowest BCUT2D eigenvalue weighted by atomic mass is 10.1. The molecule has 0 fully saturated rings. The molecule has 0 saturated carbocycles. The second-order valence-corrected chi connectivity index (χ2v) is 5.72. The number of benzene rings is 2. The highest BCUT2D eigenvalue weighted by Crippen LogP contribution is 2.33. The fourth-order valence-electron chi connectivity index (χ4n) is 2.06. The van der Waals surface area contributed by atoms with Crippen molar-refractivity contribution in [1.82, 2.24) is 0 Å². The zero-order valence-corrected chi connectivity index (χ0v) is 13.2. The Morgan fingerprint density at radius 3 is 2.58 bits per heavy atom. The molecule has 0 unspecified atom stereocenters. The Morgan fingerprint density at radius 1 is 0.947 bits per heavy atom. The van der Waals surface area contributed by atoms with Crippen molar-refractivity contribution < 1.29 is 4.74 Å². The highest BCUT2D eigenvalue weighted by molar-refractivity contribution is 9.10. The van der Waals surface area contributed by atoms with Gasteiger partial charge in [0.1, 0.15) is 5.75 Å². The quantitative estimate of drug-likeness (QED) is 0.458. The van der Waals surface area contributed by atoms with E-state index >= 15 is 0 Å². The van der Waals surface area contributed by atoms with Crippen molar-refractivity contribution in [3.8, 4) is 5.75 Å². The molecule has 0 spiro atoms. The van der Waals surface area contributed by atoms with Crippen LogP contribution >= 0.6 is 27.5 Å². The van der Waals surface area contributed by atoms with Crippen LogP contribution in [-0.2, 0) is 0 Å². The van der Waals surface area contributed by atoms with Gasteiger partial charge in [0.25, 0.3) is 0 Å². The molecule has 0 bridgehead atoms. The second-order valence-electron chi connectivity index (χ2n) is 4.55. The van der Waals surface area contributed by atoms with E-state index in [9.17, 15) is 0 Å². The molecule has 0 aliphatic heterocycles. The van der Waals surface area contributed by atoms with Crippen molar-refractivity contribution >= 4 is 38.3 Å². The molecule has 2 aromatic carbocycles. The van der Waals surface area contributed by atoms with E-state index in [0.29, 0.717) is 0 Å². The maximum absolute atomic E-state index is 5.85. The molecule has 0 aliphatic rings. The van der Waals surface area contributed by atoms with Gasteiger partial charge in [0.15, 0.2) is 0 Å². The van der Waals surface area contributed by atoms with Crippen LogP contribution in [0.3, 0.4) is 0 Å². The number of ether oxygens (including phenoxy) is 1. The number of hydrogen-bond acceptors (Lipinski definition) is 1. The molecule has 1 nitrogen and oxygen atoms in total. The average Bonchev–Trinajstić information content (AvgIpc) is 2.45. The number of alkyl halides is 1. The Labute approximate surface area is 128 Å². The summed E-state index contributed by atoms with van der Waals surface area (Å²) >= 11 is 9.28. The molecule has 0 atom stereocenters. The van der Waals surface area contributed by atoms with Crippen LogP contribution in [0.25, 0.3) is 10.8 Å². The van der Waals surface area contributed by atoms with Gasteiger partial charge in [-0.1, -0.05) is 43.2 Å². The van der Waals surface area contributed by atoms with E-state index in [4.69, 9.17) is 16.3 Å². The predicted molar refractivity (Wildman–Crippen MR) is 86.3 cm³/mol. The predicted octanol–water partition coefficient (Wildman–Crippen LogP) is 5.78. The third kappa shape index (κ3) is 4.12. The zero-order chi connectivity index (χ0) is 13.5. The van der Waals surface area contributed by atoms with Gasteiger partial charge in [0, 0.05) is 5.88 Å². The van der Waals surface area contributed by atoms with E-state index in [1.165, 1.54) is 23.6 Å². The Morgan fingerprint density at radius 2 is 1.74 bits per heavy atom. The molecule has 19 heavy (non-hydrogen) atoms. The number of unbranched alkanes of at least 4 members (excludes halogenated alkanes) is 3. The van der Waals surface area contributed by atoms with Crippen LogP contribution in [0.5, 0.6) is 5.75 Å². The van der Waals surface area contributed by atoms with Crippen molar-refractivity contribution in [3.63, 3.8) is 0 Å². The van der Waals surface area contributed by atoms with Gasteiger partial charge in [0.05, 0.1) is 11.1 Å². The van der Waals surface area contributed by atoms with Gasteiger partial charge in [-0.05, 0) is 45.6 Å². The van der Waals surface area contributed by atoms with Crippen LogP contribution in [0.2, 0.25) is 0 Å². The minimum atomic E-state index is 0.761. The summed E-state index contributed by atoms with van der Waals surface area (Å²) in [5.74, 6) is 1.69. The summed E-state index contributed by atoms with van der Waals surface area (Å²) in [5.41, 5.74) is 0. The molecule has 102 valence electrons. The third-order valence-electron chi connectivity index (χ3n) is 3.11. The van der Waals surface area contributed by atoms with Crippen LogP contribution in [-0.4, -0.2) is 12.5 Å². The van der Waals surface area contributed by atoms with Crippen molar-refractivity contribution in [1.29, 1.82) is 0 Å². The monoisotopic (exact) mass is 340 g/mol. The van der Waals surface area contributed by atoms with Crippen LogP contribution in [0.4, 0.5) is 0 Å². The number of fused-ring (bicyclic) bond motifs is 1. The lowest BCUT2D eigenvalue weighted by Crippen LogP contribution is -1.98. The maximum atomic E-state index is 5.85. The molecule has 0 aliphatic carbocycles. The summed E-state index contributed by atoms with van der Waals surface area (Å²) in [6.45, 7) is 0.763. The molecule has 0 amide bonds. The van der Waals surface area contributed by atoms with Gasteiger partial charge in [-0.3, -0.25) is 0 Å². The van der Waals surface area contributed by atoms with Crippen LogP contribution in [0.1, 0.15) is 25.7 Å². The lowest BCUT2D eigenvalue weighted by molar-refractivity contribution is 0.304. The zero-order valence-electron chi connectivity index (χ0n) is 10.9. The standard InChI is InChI=1S/C16H18BrClO/c17-16-14-8-4-3-7-13(14)9-10-15(16)19-12-6-2-1-5-11-18/h3-4,7-10H,1-2,5-6,11-12H2. The van der Waals surface area contributed by atoms with Gasteiger partial charge in [0.2, 0.25) is 0 Å². The summed E-state index contributed by atoms with van der Waals surface area (Å²) in [6, 6.07) is 12.4. The van der Waals surface area contributed by atoms with Gasteiger partial charge in [-0.2, -0.15) is 0 Å². The smallest absolute Gasteiger partial charge is 0.134 e. The van der Waals surface area contributed by atoms with Crippen LogP contribution in [0, 0.1) is 0 Å². The molecule has 0 heterocycles. The molecule has 2 aromatic rings. The van der Waals surface area contributed by atoms with Crippen molar-refractivity contribution in [2.24, 2.45) is 0 Å². The normalized spacial score (nSPS) is 10.8. The maximum Gasteiger partial charge on any atom is 0.134 e. The first-order valence-corrected chi connectivity index (χ1v) is 8.01. The number of halogens is 2. The minimum Gasteiger partial charge on any atom is -0.492 e. The Kier molecular flexibility index (Phi) is 5.99. The summed E-state index contributed by atoms with van der Waals surface area (Å²) in [5, 5.41) is 2.42. The van der Waals surface area contributed by atoms with E-state index in [1.54, 1.807) is 0 Å². The molecule has 0 aromatic heterocycles. The Hall–Kier alpha value is -0.730. The highest BCUT2D eigenvalue weighted by Gasteiger charge is 2.05. The van der Waals surface area contributed by atoms with Gasteiger partial charge in [-0.25, -0.2) is 0 Å². The third-order valence-corrected chi connectivity index (χ3v) is 4.20. The van der Waals surface area contributed by atoms with Crippen molar-refractivity contribution in [2.45, 2.75) is 25.7 Å². The topological polar surface area (TPSA) is 9.23 Å². The summed E-state index contributed by atoms with van der Waals surface area (Å²) in [7, 11) is 0. The summed E-state index contributed by atoms with van der Waals surface area (Å²) < 4.78 is 6.89. The molecular formula is C16H18BrClO. The molecule has 0 saturated heterocycles. The van der Waals surface area contributed by atoms with Gasteiger partial charge >= 0.3 is 0 Å². The average molecular weight is 342 g/mol. The highest BCUT2D eigenvalue weighted by atomic mass is 79.9. The summed E-state index contributed by atoms with van der Waals surface area (Å²) in [4.78, 5) is 0. The van der Waals surface area contributed by atoms with Gasteiger partial charge < -0.3 is 4.74 Å². The van der Waals surface area contributed by atoms with E-state index < -0.39 is 0 Å². The van der Waals surface area contributed by atoms with Gasteiger partial charge in [-0.15, -0.1) is 11.6 Å². The second kappa shape index (κ2) is 7.76. The molecule has 3 heteroatoms. The lowest BCUT2D eigenvalue weighted by Gasteiger charge is -2.10.